The van der Waals surface area contributed by atoms with Gasteiger partial charge in [-0.3, -0.25) is 9.48 Å². The molecule has 0 saturated heterocycles. The second kappa shape index (κ2) is 5.75. The summed E-state index contributed by atoms with van der Waals surface area (Å²) < 4.78 is 12.2. The van der Waals surface area contributed by atoms with Gasteiger partial charge in [0.1, 0.15) is 17.3 Å². The van der Waals surface area contributed by atoms with E-state index in [4.69, 9.17) is 8.94 Å². The Labute approximate surface area is 133 Å². The highest BCUT2D eigenvalue weighted by Gasteiger charge is 2.15. The molecule has 3 heterocycles. The van der Waals surface area contributed by atoms with Gasteiger partial charge >= 0.3 is 0 Å². The van der Waals surface area contributed by atoms with Crippen LogP contribution in [0.25, 0.3) is 0 Å². The number of nitrogens with zero attached hydrogens (tertiary/aromatic N) is 3. The van der Waals surface area contributed by atoms with Gasteiger partial charge in [0.15, 0.2) is 5.82 Å². The Morgan fingerprint density at radius 1 is 1.26 bits per heavy atom. The van der Waals surface area contributed by atoms with E-state index in [2.05, 4.69) is 15.6 Å². The third-order valence-electron chi connectivity index (χ3n) is 3.67. The van der Waals surface area contributed by atoms with Crippen LogP contribution in [0.3, 0.4) is 0 Å². The summed E-state index contributed by atoms with van der Waals surface area (Å²) in [6.45, 7) is 7.87. The van der Waals surface area contributed by atoms with Gasteiger partial charge in [0, 0.05) is 17.8 Å². The van der Waals surface area contributed by atoms with Gasteiger partial charge in [-0.05, 0) is 33.8 Å². The highest BCUT2D eigenvalue weighted by Crippen LogP contribution is 2.17. The number of amides is 1. The topological polar surface area (TPSA) is 86.1 Å². The molecule has 0 aliphatic carbocycles. The lowest BCUT2D eigenvalue weighted by Gasteiger charge is -2.02. The minimum atomic E-state index is -0.234. The SMILES string of the molecule is Cc1cc(C(=O)Nc2ccn(Cc3c(C)noc3C)n2)c(C)o1. The fourth-order valence-corrected chi connectivity index (χ4v) is 2.45. The lowest BCUT2D eigenvalue weighted by molar-refractivity contribution is 0.102. The highest BCUT2D eigenvalue weighted by molar-refractivity contribution is 6.04. The minimum Gasteiger partial charge on any atom is -0.466 e. The average Bonchev–Trinajstić information content (AvgIpc) is 3.15. The normalized spacial score (nSPS) is 11.0. The van der Waals surface area contributed by atoms with Gasteiger partial charge in [0.05, 0.1) is 17.8 Å². The van der Waals surface area contributed by atoms with Crippen LogP contribution in [0.5, 0.6) is 0 Å². The van der Waals surface area contributed by atoms with Crippen LogP contribution < -0.4 is 5.32 Å². The smallest absolute Gasteiger partial charge is 0.260 e. The summed E-state index contributed by atoms with van der Waals surface area (Å²) in [5.74, 6) is 2.32. The summed E-state index contributed by atoms with van der Waals surface area (Å²) in [5.41, 5.74) is 2.35. The van der Waals surface area contributed by atoms with Crippen molar-refractivity contribution in [2.75, 3.05) is 5.32 Å². The lowest BCUT2D eigenvalue weighted by Crippen LogP contribution is -2.13. The molecule has 7 heteroatoms. The summed E-state index contributed by atoms with van der Waals surface area (Å²) in [5, 5.41) is 11.0. The van der Waals surface area contributed by atoms with E-state index in [-0.39, 0.29) is 5.91 Å². The van der Waals surface area contributed by atoms with Crippen LogP contribution in [0.1, 0.15) is 38.9 Å². The molecule has 1 N–H and O–H groups in total. The summed E-state index contributed by atoms with van der Waals surface area (Å²) in [7, 11) is 0. The zero-order valence-corrected chi connectivity index (χ0v) is 13.5. The van der Waals surface area contributed by atoms with E-state index in [0.29, 0.717) is 29.4 Å². The summed E-state index contributed by atoms with van der Waals surface area (Å²) in [6.07, 6.45) is 1.80. The van der Waals surface area contributed by atoms with Gasteiger partial charge < -0.3 is 14.3 Å². The van der Waals surface area contributed by atoms with E-state index < -0.39 is 0 Å². The monoisotopic (exact) mass is 314 g/mol. The molecule has 0 aromatic carbocycles. The van der Waals surface area contributed by atoms with Crippen LogP contribution in [0, 0.1) is 27.7 Å². The molecule has 0 spiro atoms. The summed E-state index contributed by atoms with van der Waals surface area (Å²) in [6, 6.07) is 3.46. The minimum absolute atomic E-state index is 0.234. The van der Waals surface area contributed by atoms with E-state index in [1.807, 2.05) is 20.8 Å². The predicted molar refractivity (Wildman–Crippen MR) is 83.4 cm³/mol. The molecule has 3 aromatic rings. The maximum absolute atomic E-state index is 12.2. The standard InChI is InChI=1S/C16H18N4O3/c1-9-7-13(11(3)22-9)16(21)17-15-5-6-20(18-15)8-14-10(2)19-23-12(14)4/h5-7H,8H2,1-4H3,(H,17,18,21). The van der Waals surface area contributed by atoms with Gasteiger partial charge in [0.25, 0.3) is 5.91 Å². The zero-order valence-electron chi connectivity index (χ0n) is 13.5. The molecule has 0 aliphatic rings. The van der Waals surface area contributed by atoms with Crippen LogP contribution in [-0.2, 0) is 6.54 Å². The molecule has 1 amide bonds. The Morgan fingerprint density at radius 3 is 2.65 bits per heavy atom. The average molecular weight is 314 g/mol. The van der Waals surface area contributed by atoms with Crippen molar-refractivity contribution in [2.24, 2.45) is 0 Å². The van der Waals surface area contributed by atoms with Crippen molar-refractivity contribution in [1.29, 1.82) is 0 Å². The number of hydrogen-bond donors (Lipinski definition) is 1. The van der Waals surface area contributed by atoms with Crippen molar-refractivity contribution in [3.05, 3.63) is 52.4 Å². The quantitative estimate of drug-likeness (QED) is 0.800. The van der Waals surface area contributed by atoms with E-state index in [1.165, 1.54) is 0 Å². The van der Waals surface area contributed by atoms with Crippen molar-refractivity contribution in [3.8, 4) is 0 Å². The molecule has 120 valence electrons. The van der Waals surface area contributed by atoms with Crippen LogP contribution in [0.15, 0.2) is 27.3 Å². The van der Waals surface area contributed by atoms with Gasteiger partial charge in [0.2, 0.25) is 0 Å². The fraction of sp³-hybridized carbons (Fsp3) is 0.312. The Hall–Kier alpha value is -2.83. The lowest BCUT2D eigenvalue weighted by atomic mass is 10.2. The molecule has 23 heavy (non-hydrogen) atoms. The van der Waals surface area contributed by atoms with Crippen molar-refractivity contribution in [1.82, 2.24) is 14.9 Å². The number of rotatable bonds is 4. The van der Waals surface area contributed by atoms with E-state index in [1.54, 1.807) is 29.9 Å². The fourth-order valence-electron chi connectivity index (χ4n) is 2.45. The number of aromatic nitrogens is 3. The second-order valence-corrected chi connectivity index (χ2v) is 5.48. The Kier molecular flexibility index (Phi) is 3.77. The first-order chi connectivity index (χ1) is 10.9. The maximum Gasteiger partial charge on any atom is 0.260 e. The molecule has 3 rings (SSSR count). The molecule has 3 aromatic heterocycles. The van der Waals surface area contributed by atoms with Crippen molar-refractivity contribution in [2.45, 2.75) is 34.2 Å². The summed E-state index contributed by atoms with van der Waals surface area (Å²) >= 11 is 0. The van der Waals surface area contributed by atoms with Crippen LogP contribution in [0.2, 0.25) is 0 Å². The van der Waals surface area contributed by atoms with Crippen LogP contribution in [0.4, 0.5) is 5.82 Å². The zero-order chi connectivity index (χ0) is 16.6. The van der Waals surface area contributed by atoms with E-state index in [9.17, 15) is 4.79 Å². The van der Waals surface area contributed by atoms with Crippen molar-refractivity contribution >= 4 is 11.7 Å². The van der Waals surface area contributed by atoms with E-state index >= 15 is 0 Å². The molecular weight excluding hydrogens is 296 g/mol. The van der Waals surface area contributed by atoms with Gasteiger partial charge in [-0.25, -0.2) is 0 Å². The molecule has 0 unspecified atom stereocenters. The van der Waals surface area contributed by atoms with Crippen LogP contribution in [-0.4, -0.2) is 20.8 Å². The molecule has 0 radical (unpaired) electrons. The third kappa shape index (κ3) is 3.03. The predicted octanol–water partition coefficient (Wildman–Crippen LogP) is 3.00. The molecule has 0 saturated carbocycles. The molecular formula is C16H18N4O3. The van der Waals surface area contributed by atoms with E-state index in [0.717, 1.165) is 17.0 Å². The maximum atomic E-state index is 12.2. The number of hydrogen-bond acceptors (Lipinski definition) is 5. The third-order valence-corrected chi connectivity index (χ3v) is 3.67. The second-order valence-electron chi connectivity index (χ2n) is 5.48. The first-order valence-electron chi connectivity index (χ1n) is 7.27. The number of furan rings is 1. The van der Waals surface area contributed by atoms with Gasteiger partial charge in [-0.1, -0.05) is 5.16 Å². The van der Waals surface area contributed by atoms with Gasteiger partial charge in [-0.15, -0.1) is 0 Å². The Balaban J connectivity index is 1.72. The van der Waals surface area contributed by atoms with Gasteiger partial charge in [-0.2, -0.15) is 5.10 Å². The van der Waals surface area contributed by atoms with Crippen molar-refractivity contribution in [3.63, 3.8) is 0 Å². The largest absolute Gasteiger partial charge is 0.466 e. The first kappa shape index (κ1) is 15.1. The number of carbonyl (C=O) groups excluding carboxylic acids is 1. The molecule has 0 aliphatic heterocycles. The first-order valence-corrected chi connectivity index (χ1v) is 7.27. The molecule has 0 fully saturated rings. The highest BCUT2D eigenvalue weighted by atomic mass is 16.5. The summed E-state index contributed by atoms with van der Waals surface area (Å²) in [4.78, 5) is 12.2. The Bertz CT molecular complexity index is 837. The molecule has 0 atom stereocenters. The van der Waals surface area contributed by atoms with Crippen molar-refractivity contribution < 1.29 is 13.7 Å². The van der Waals surface area contributed by atoms with Crippen LogP contribution >= 0.6 is 0 Å². The Morgan fingerprint density at radius 2 is 2.04 bits per heavy atom. The number of anilines is 1. The number of nitrogens with one attached hydrogen (secondary N) is 1. The molecule has 0 bridgehead atoms. The number of carbonyl (C=O) groups is 1. The number of aryl methyl sites for hydroxylation is 4. The molecule has 7 nitrogen and oxygen atoms in total.